The quantitative estimate of drug-likeness (QED) is 0.774. The molecule has 3 nitrogen and oxygen atoms in total. The highest BCUT2D eigenvalue weighted by atomic mass is 16.3. The lowest BCUT2D eigenvalue weighted by Gasteiger charge is -2.12. The first-order valence-corrected chi connectivity index (χ1v) is 6.37. The predicted octanol–water partition coefficient (Wildman–Crippen LogP) is 3.49. The van der Waals surface area contributed by atoms with Crippen LogP contribution >= 0.6 is 0 Å². The first kappa shape index (κ1) is 11.9. The molecular formula is C16H15NO2. The molecule has 2 heterocycles. The van der Waals surface area contributed by atoms with E-state index in [0.717, 1.165) is 28.5 Å². The monoisotopic (exact) mass is 253 g/mol. The van der Waals surface area contributed by atoms with Crippen molar-refractivity contribution in [3.63, 3.8) is 0 Å². The standard InChI is InChI=1S/C16H15NO2/c18-16(7-6-13-4-2-10-19-13)15-5-1-3-12-11-17-9-8-14(12)15/h1-5,8-11,16,18H,6-7H2. The Balaban J connectivity index is 1.83. The summed E-state index contributed by atoms with van der Waals surface area (Å²) in [5.41, 5.74) is 0.950. The molecule has 0 spiro atoms. The molecule has 0 saturated heterocycles. The molecule has 1 aromatic carbocycles. The molecule has 1 unspecified atom stereocenters. The van der Waals surface area contributed by atoms with Gasteiger partial charge in [0.25, 0.3) is 0 Å². The second-order valence-electron chi connectivity index (χ2n) is 4.58. The van der Waals surface area contributed by atoms with Gasteiger partial charge < -0.3 is 9.52 Å². The number of rotatable bonds is 4. The number of aliphatic hydroxyl groups is 1. The van der Waals surface area contributed by atoms with Gasteiger partial charge in [-0.1, -0.05) is 18.2 Å². The lowest BCUT2D eigenvalue weighted by molar-refractivity contribution is 0.167. The average molecular weight is 253 g/mol. The third-order valence-electron chi connectivity index (χ3n) is 3.32. The third-order valence-corrected chi connectivity index (χ3v) is 3.32. The van der Waals surface area contributed by atoms with Crippen LogP contribution in [0, 0.1) is 0 Å². The van der Waals surface area contributed by atoms with Crippen molar-refractivity contribution >= 4 is 10.8 Å². The van der Waals surface area contributed by atoms with Gasteiger partial charge in [0.1, 0.15) is 5.76 Å². The van der Waals surface area contributed by atoms with Crippen molar-refractivity contribution in [1.29, 1.82) is 0 Å². The SMILES string of the molecule is OC(CCc1ccco1)c1cccc2cnccc12. The summed E-state index contributed by atoms with van der Waals surface area (Å²) in [6.45, 7) is 0. The fraction of sp³-hybridized carbons (Fsp3) is 0.188. The van der Waals surface area contributed by atoms with Crippen LogP contribution in [0.3, 0.4) is 0 Å². The number of aliphatic hydroxyl groups excluding tert-OH is 1. The van der Waals surface area contributed by atoms with Crippen LogP contribution in [0.2, 0.25) is 0 Å². The van der Waals surface area contributed by atoms with E-state index in [2.05, 4.69) is 4.98 Å². The molecule has 2 aromatic heterocycles. The predicted molar refractivity (Wildman–Crippen MR) is 73.7 cm³/mol. The lowest BCUT2D eigenvalue weighted by Crippen LogP contribution is -2.00. The van der Waals surface area contributed by atoms with Gasteiger partial charge in [0, 0.05) is 24.2 Å². The van der Waals surface area contributed by atoms with Crippen LogP contribution in [0.15, 0.2) is 59.5 Å². The minimum Gasteiger partial charge on any atom is -0.469 e. The van der Waals surface area contributed by atoms with Gasteiger partial charge in [-0.25, -0.2) is 0 Å². The molecule has 1 atom stereocenters. The molecular weight excluding hydrogens is 238 g/mol. The van der Waals surface area contributed by atoms with Crippen molar-refractivity contribution in [2.45, 2.75) is 18.9 Å². The van der Waals surface area contributed by atoms with Crippen molar-refractivity contribution in [1.82, 2.24) is 4.98 Å². The highest BCUT2D eigenvalue weighted by Gasteiger charge is 2.11. The number of nitrogens with zero attached hydrogens (tertiary/aromatic N) is 1. The van der Waals surface area contributed by atoms with Gasteiger partial charge in [0.15, 0.2) is 0 Å². The summed E-state index contributed by atoms with van der Waals surface area (Å²) in [5, 5.41) is 12.5. The number of benzene rings is 1. The summed E-state index contributed by atoms with van der Waals surface area (Å²) in [6.07, 6.45) is 6.12. The maximum Gasteiger partial charge on any atom is 0.103 e. The second kappa shape index (κ2) is 5.24. The molecule has 0 saturated carbocycles. The largest absolute Gasteiger partial charge is 0.469 e. The van der Waals surface area contributed by atoms with Crippen molar-refractivity contribution < 1.29 is 9.52 Å². The first-order valence-electron chi connectivity index (χ1n) is 6.37. The van der Waals surface area contributed by atoms with E-state index in [-0.39, 0.29) is 0 Å². The molecule has 96 valence electrons. The molecule has 0 amide bonds. The van der Waals surface area contributed by atoms with E-state index in [1.54, 1.807) is 12.5 Å². The number of hydrogen-bond acceptors (Lipinski definition) is 3. The van der Waals surface area contributed by atoms with Gasteiger partial charge in [-0.3, -0.25) is 4.98 Å². The Morgan fingerprint density at radius 3 is 2.95 bits per heavy atom. The fourth-order valence-electron chi connectivity index (χ4n) is 2.33. The number of hydrogen-bond donors (Lipinski definition) is 1. The molecule has 3 heteroatoms. The topological polar surface area (TPSA) is 46.3 Å². The normalized spacial score (nSPS) is 12.7. The molecule has 0 bridgehead atoms. The Bertz CT molecular complexity index is 656. The molecule has 19 heavy (non-hydrogen) atoms. The molecule has 1 N–H and O–H groups in total. The third kappa shape index (κ3) is 2.51. The molecule has 3 rings (SSSR count). The Hall–Kier alpha value is -2.13. The van der Waals surface area contributed by atoms with Crippen molar-refractivity contribution in [3.05, 3.63) is 66.4 Å². The maximum absolute atomic E-state index is 10.4. The van der Waals surface area contributed by atoms with Crippen molar-refractivity contribution in [2.75, 3.05) is 0 Å². The summed E-state index contributed by atoms with van der Waals surface area (Å²) in [5.74, 6) is 0.904. The van der Waals surface area contributed by atoms with Crippen LogP contribution < -0.4 is 0 Å². The van der Waals surface area contributed by atoms with Crippen molar-refractivity contribution in [3.8, 4) is 0 Å². The van der Waals surface area contributed by atoms with E-state index < -0.39 is 6.10 Å². The highest BCUT2D eigenvalue weighted by molar-refractivity contribution is 5.85. The number of fused-ring (bicyclic) bond motifs is 1. The summed E-state index contributed by atoms with van der Waals surface area (Å²) < 4.78 is 5.29. The zero-order chi connectivity index (χ0) is 13.1. The highest BCUT2D eigenvalue weighted by Crippen LogP contribution is 2.26. The van der Waals surface area contributed by atoms with Gasteiger partial charge in [0.2, 0.25) is 0 Å². The van der Waals surface area contributed by atoms with Crippen LogP contribution in [-0.4, -0.2) is 10.1 Å². The van der Waals surface area contributed by atoms with Crippen LogP contribution in [0.1, 0.15) is 23.8 Å². The molecule has 0 fully saturated rings. The van der Waals surface area contributed by atoms with Gasteiger partial charge in [-0.2, -0.15) is 0 Å². The Labute approximate surface area is 111 Å². The fourth-order valence-corrected chi connectivity index (χ4v) is 2.33. The summed E-state index contributed by atoms with van der Waals surface area (Å²) in [4.78, 5) is 4.10. The molecule has 0 radical (unpaired) electrons. The smallest absolute Gasteiger partial charge is 0.103 e. The van der Waals surface area contributed by atoms with Gasteiger partial charge in [-0.15, -0.1) is 0 Å². The molecule has 0 aliphatic rings. The Kier molecular flexibility index (Phi) is 3.29. The number of aromatic nitrogens is 1. The molecule has 3 aromatic rings. The summed E-state index contributed by atoms with van der Waals surface area (Å²) >= 11 is 0. The molecule has 0 aliphatic carbocycles. The minimum absolute atomic E-state index is 0.490. The summed E-state index contributed by atoms with van der Waals surface area (Å²) in [7, 11) is 0. The minimum atomic E-state index is -0.490. The zero-order valence-electron chi connectivity index (χ0n) is 10.5. The average Bonchev–Trinajstić information content (AvgIpc) is 2.97. The Morgan fingerprint density at radius 2 is 2.11 bits per heavy atom. The van der Waals surface area contributed by atoms with E-state index in [1.165, 1.54) is 0 Å². The van der Waals surface area contributed by atoms with E-state index >= 15 is 0 Å². The number of furan rings is 1. The van der Waals surface area contributed by atoms with Gasteiger partial charge >= 0.3 is 0 Å². The van der Waals surface area contributed by atoms with E-state index in [0.29, 0.717) is 6.42 Å². The number of aryl methyl sites for hydroxylation is 1. The van der Waals surface area contributed by atoms with Crippen LogP contribution in [0.4, 0.5) is 0 Å². The van der Waals surface area contributed by atoms with Crippen LogP contribution in [-0.2, 0) is 6.42 Å². The number of pyridine rings is 1. The lowest BCUT2D eigenvalue weighted by atomic mass is 9.98. The van der Waals surface area contributed by atoms with Crippen LogP contribution in [0.5, 0.6) is 0 Å². The molecule has 0 aliphatic heterocycles. The van der Waals surface area contributed by atoms with Gasteiger partial charge in [-0.05, 0) is 35.6 Å². The first-order chi connectivity index (χ1) is 9.34. The maximum atomic E-state index is 10.4. The Morgan fingerprint density at radius 1 is 1.16 bits per heavy atom. The van der Waals surface area contributed by atoms with E-state index in [1.807, 2.05) is 42.6 Å². The zero-order valence-corrected chi connectivity index (χ0v) is 10.5. The van der Waals surface area contributed by atoms with E-state index in [4.69, 9.17) is 4.42 Å². The second-order valence-corrected chi connectivity index (χ2v) is 4.58. The van der Waals surface area contributed by atoms with Gasteiger partial charge in [0.05, 0.1) is 12.4 Å². The van der Waals surface area contributed by atoms with Crippen molar-refractivity contribution in [2.24, 2.45) is 0 Å². The van der Waals surface area contributed by atoms with E-state index in [9.17, 15) is 5.11 Å². The summed E-state index contributed by atoms with van der Waals surface area (Å²) in [6, 6.07) is 11.7. The van der Waals surface area contributed by atoms with Crippen LogP contribution in [0.25, 0.3) is 10.8 Å².